The molecule has 0 saturated carbocycles. The van der Waals surface area contributed by atoms with E-state index in [0.717, 1.165) is 10.9 Å². The van der Waals surface area contributed by atoms with Gasteiger partial charge in [0.05, 0.1) is 0 Å². The lowest BCUT2D eigenvalue weighted by Gasteiger charge is -2.15. The lowest BCUT2D eigenvalue weighted by Crippen LogP contribution is -2.36. The number of hydrogen-bond donors (Lipinski definition) is 3. The number of hydrogen-bond acceptors (Lipinski definition) is 8. The van der Waals surface area contributed by atoms with Crippen molar-refractivity contribution in [3.8, 4) is 0 Å². The monoisotopic (exact) mass is 242 g/mol. The third kappa shape index (κ3) is 1.90. The van der Waals surface area contributed by atoms with Crippen LogP contribution in [0.4, 0.5) is 5.95 Å². The summed E-state index contributed by atoms with van der Waals surface area (Å²) in [5.74, 6) is -0.216. The maximum Gasteiger partial charge on any atom is 0.354 e. The second-order valence-corrected chi connectivity index (χ2v) is 3.51. The molecule has 2 heterocycles. The number of carbonyl (C=O) groups is 1. The molecule has 2 rings (SSSR count). The van der Waals surface area contributed by atoms with Gasteiger partial charge >= 0.3 is 5.69 Å². The highest BCUT2D eigenvalue weighted by atomic mass is 16.6. The van der Waals surface area contributed by atoms with Crippen LogP contribution in [0, 0.1) is 0 Å². The number of anilines is 1. The number of nitrogens with two attached hydrogens (primary N) is 1. The Morgan fingerprint density at radius 3 is 2.71 bits per heavy atom. The first-order valence-corrected chi connectivity index (χ1v) is 4.72. The third-order valence-electron chi connectivity index (χ3n) is 2.43. The number of nitrogens with zero attached hydrogens (tertiary/aromatic N) is 3. The zero-order chi connectivity index (χ0) is 12.6. The Morgan fingerprint density at radius 2 is 2.18 bits per heavy atom. The van der Waals surface area contributed by atoms with Crippen LogP contribution in [0.25, 0.3) is 0 Å². The predicted molar refractivity (Wildman–Crippen MR) is 52.7 cm³/mol. The van der Waals surface area contributed by atoms with Crippen LogP contribution in [0.2, 0.25) is 0 Å². The van der Waals surface area contributed by atoms with Crippen molar-refractivity contribution in [2.75, 3.05) is 5.73 Å². The molecule has 0 radical (unpaired) electrons. The average Bonchev–Trinajstić information content (AvgIpc) is 2.57. The molecular weight excluding hydrogens is 232 g/mol. The highest BCUT2D eigenvalue weighted by molar-refractivity contribution is 5.58. The predicted octanol–water partition coefficient (Wildman–Crippen LogP) is -2.96. The molecule has 1 fully saturated rings. The number of aliphatic hydroxyl groups excluding tert-OH is 2. The zero-order valence-corrected chi connectivity index (χ0v) is 8.50. The molecule has 0 amide bonds. The summed E-state index contributed by atoms with van der Waals surface area (Å²) < 4.78 is 5.87. The topological polar surface area (TPSA) is 141 Å². The van der Waals surface area contributed by atoms with Gasteiger partial charge in [-0.1, -0.05) is 0 Å². The van der Waals surface area contributed by atoms with Gasteiger partial charge in [-0.05, 0) is 0 Å². The molecule has 0 aromatic carbocycles. The van der Waals surface area contributed by atoms with E-state index in [1.165, 1.54) is 0 Å². The van der Waals surface area contributed by atoms with E-state index in [9.17, 15) is 19.8 Å². The largest absolute Gasteiger partial charge is 0.387 e. The Kier molecular flexibility index (Phi) is 2.88. The van der Waals surface area contributed by atoms with Crippen molar-refractivity contribution < 1.29 is 19.7 Å². The van der Waals surface area contributed by atoms with Gasteiger partial charge in [0.1, 0.15) is 24.6 Å². The van der Waals surface area contributed by atoms with Crippen molar-refractivity contribution in [3.05, 3.63) is 16.8 Å². The molecule has 0 bridgehead atoms. The summed E-state index contributed by atoms with van der Waals surface area (Å²) in [6.07, 6.45) is -3.86. The number of aliphatic hydroxyl groups is 2. The molecule has 9 heteroatoms. The molecule has 17 heavy (non-hydrogen) atoms. The molecule has 4 N–H and O–H groups in total. The lowest BCUT2D eigenvalue weighted by molar-refractivity contribution is -0.122. The highest BCUT2D eigenvalue weighted by Gasteiger charge is 2.44. The molecule has 1 aromatic heterocycles. The Labute approximate surface area is 94.5 Å². The van der Waals surface area contributed by atoms with Gasteiger partial charge < -0.3 is 25.5 Å². The molecule has 4 unspecified atom stereocenters. The van der Waals surface area contributed by atoms with Crippen molar-refractivity contribution in [1.82, 2.24) is 14.5 Å². The van der Waals surface area contributed by atoms with Crippen LogP contribution >= 0.6 is 0 Å². The summed E-state index contributed by atoms with van der Waals surface area (Å²) in [5, 5.41) is 19.1. The fraction of sp³-hybridized carbons (Fsp3) is 0.500. The van der Waals surface area contributed by atoms with Gasteiger partial charge in [-0.25, -0.2) is 9.78 Å². The number of ether oxygens (including phenoxy) is 1. The van der Waals surface area contributed by atoms with Gasteiger partial charge in [-0.15, -0.1) is 0 Å². The van der Waals surface area contributed by atoms with Crippen LogP contribution in [-0.2, 0) is 9.53 Å². The summed E-state index contributed by atoms with van der Waals surface area (Å²) in [7, 11) is 0. The van der Waals surface area contributed by atoms with Crippen molar-refractivity contribution in [1.29, 1.82) is 0 Å². The Morgan fingerprint density at radius 1 is 1.47 bits per heavy atom. The van der Waals surface area contributed by atoms with Gasteiger partial charge in [0.15, 0.2) is 12.5 Å². The summed E-state index contributed by atoms with van der Waals surface area (Å²) >= 11 is 0. The van der Waals surface area contributed by atoms with Crippen LogP contribution in [0.5, 0.6) is 0 Å². The van der Waals surface area contributed by atoms with E-state index in [-0.39, 0.29) is 5.95 Å². The van der Waals surface area contributed by atoms with Gasteiger partial charge in [0.2, 0.25) is 5.95 Å². The van der Waals surface area contributed by atoms with Crippen LogP contribution in [0.1, 0.15) is 6.23 Å². The van der Waals surface area contributed by atoms with E-state index in [4.69, 9.17) is 10.5 Å². The molecule has 1 aliphatic rings. The quantitative estimate of drug-likeness (QED) is 0.467. The van der Waals surface area contributed by atoms with E-state index >= 15 is 0 Å². The van der Waals surface area contributed by atoms with Gasteiger partial charge in [0, 0.05) is 0 Å². The smallest absolute Gasteiger partial charge is 0.354 e. The molecule has 1 saturated heterocycles. The van der Waals surface area contributed by atoms with Crippen molar-refractivity contribution >= 4 is 12.2 Å². The Balaban J connectivity index is 2.35. The summed E-state index contributed by atoms with van der Waals surface area (Å²) in [5.41, 5.74) is 4.41. The minimum atomic E-state index is -1.42. The number of aromatic nitrogens is 3. The first kappa shape index (κ1) is 11.6. The normalized spacial score (nSPS) is 32.6. The molecule has 92 valence electrons. The number of nitrogen functional groups attached to an aromatic ring is 1. The van der Waals surface area contributed by atoms with Crippen LogP contribution in [0.3, 0.4) is 0 Å². The molecule has 1 aromatic rings. The second-order valence-electron chi connectivity index (χ2n) is 3.51. The maximum atomic E-state index is 11.4. The summed E-state index contributed by atoms with van der Waals surface area (Å²) in [6.45, 7) is 0. The number of aldehydes is 1. The standard InChI is InChI=1S/C8H10N4O5/c9-7-10-2-12(8(16)11-7)6-5(15)4(14)3(1-13)17-6/h1-6,14-15H,(H2,9,11,16). The molecule has 9 nitrogen and oxygen atoms in total. The molecular formula is C8H10N4O5. The van der Waals surface area contributed by atoms with Crippen LogP contribution < -0.4 is 11.4 Å². The summed E-state index contributed by atoms with van der Waals surface area (Å²) in [6, 6.07) is 0. The minimum absolute atomic E-state index is 0.216. The molecule has 4 atom stereocenters. The average molecular weight is 242 g/mol. The number of rotatable bonds is 2. The van der Waals surface area contributed by atoms with Gasteiger partial charge in [-0.2, -0.15) is 4.98 Å². The Bertz CT molecular complexity index is 489. The molecule has 0 aliphatic carbocycles. The highest BCUT2D eigenvalue weighted by Crippen LogP contribution is 2.26. The van der Waals surface area contributed by atoms with Crippen molar-refractivity contribution in [3.63, 3.8) is 0 Å². The zero-order valence-electron chi connectivity index (χ0n) is 8.50. The van der Waals surface area contributed by atoms with Crippen LogP contribution in [-0.4, -0.2) is 49.3 Å². The van der Waals surface area contributed by atoms with E-state index in [1.54, 1.807) is 0 Å². The van der Waals surface area contributed by atoms with E-state index < -0.39 is 30.2 Å². The number of carbonyl (C=O) groups excluding carboxylic acids is 1. The molecule has 1 aliphatic heterocycles. The Hall–Kier alpha value is -1.84. The lowest BCUT2D eigenvalue weighted by atomic mass is 10.1. The fourth-order valence-electron chi connectivity index (χ4n) is 1.56. The minimum Gasteiger partial charge on any atom is -0.387 e. The molecule has 0 spiro atoms. The second kappa shape index (κ2) is 4.20. The van der Waals surface area contributed by atoms with Gasteiger partial charge in [-0.3, -0.25) is 4.57 Å². The van der Waals surface area contributed by atoms with Gasteiger partial charge in [0.25, 0.3) is 0 Å². The summed E-state index contributed by atoms with van der Waals surface area (Å²) in [4.78, 5) is 28.9. The third-order valence-corrected chi connectivity index (χ3v) is 2.43. The van der Waals surface area contributed by atoms with E-state index in [1.807, 2.05) is 0 Å². The maximum absolute atomic E-state index is 11.4. The first-order valence-electron chi connectivity index (χ1n) is 4.72. The SMILES string of the molecule is Nc1ncn(C2OC(C=O)C(O)C2O)c(=O)n1. The van der Waals surface area contributed by atoms with E-state index in [2.05, 4.69) is 9.97 Å². The van der Waals surface area contributed by atoms with Crippen molar-refractivity contribution in [2.24, 2.45) is 0 Å². The first-order chi connectivity index (χ1) is 8.04. The van der Waals surface area contributed by atoms with Crippen molar-refractivity contribution in [2.45, 2.75) is 24.5 Å². The van der Waals surface area contributed by atoms with Crippen LogP contribution in [0.15, 0.2) is 11.1 Å². The van der Waals surface area contributed by atoms with E-state index in [0.29, 0.717) is 6.29 Å². The fourth-order valence-corrected chi connectivity index (χ4v) is 1.56.